The van der Waals surface area contributed by atoms with Gasteiger partial charge < -0.3 is 15.2 Å². The summed E-state index contributed by atoms with van der Waals surface area (Å²) in [5.74, 6) is 0.919. The molecular weight excluding hydrogens is 439 g/mol. The highest BCUT2D eigenvalue weighted by Crippen LogP contribution is 2.32. The van der Waals surface area contributed by atoms with Gasteiger partial charge in [-0.15, -0.1) is 10.2 Å². The van der Waals surface area contributed by atoms with Crippen molar-refractivity contribution >= 4 is 17.2 Å². The number of aromatic nitrogens is 7. The topological polar surface area (TPSA) is 115 Å². The van der Waals surface area contributed by atoms with E-state index in [0.29, 0.717) is 47.1 Å². The second-order valence-corrected chi connectivity index (χ2v) is 8.66. The highest BCUT2D eigenvalue weighted by Gasteiger charge is 2.24. The van der Waals surface area contributed by atoms with Crippen molar-refractivity contribution < 1.29 is 14.2 Å². The van der Waals surface area contributed by atoms with Gasteiger partial charge in [-0.2, -0.15) is 5.10 Å². The van der Waals surface area contributed by atoms with E-state index in [1.807, 2.05) is 6.07 Å². The van der Waals surface area contributed by atoms with E-state index in [1.54, 1.807) is 47.4 Å². The fraction of sp³-hybridized carbons (Fsp3) is 0.261. The number of nitrogens with one attached hydrogen (secondary N) is 1. The number of hydrogen-bond donors (Lipinski definition) is 2. The van der Waals surface area contributed by atoms with E-state index in [0.717, 1.165) is 16.9 Å². The van der Waals surface area contributed by atoms with Crippen molar-refractivity contribution in [2.75, 3.05) is 11.9 Å². The number of hydrogen-bond acceptors (Lipinski definition) is 8. The molecular formula is C23H21FN8O2. The third-order valence-corrected chi connectivity index (χ3v) is 6.04. The van der Waals surface area contributed by atoms with Crippen LogP contribution >= 0.6 is 0 Å². The van der Waals surface area contributed by atoms with E-state index < -0.39 is 5.60 Å². The molecule has 0 radical (unpaired) electrons. The zero-order chi connectivity index (χ0) is 23.4. The fourth-order valence-electron chi connectivity index (χ4n) is 4.40. The Morgan fingerprint density at radius 2 is 2.03 bits per heavy atom. The number of ether oxygens (including phenoxy) is 1. The first kappa shape index (κ1) is 20.5. The SMILES string of the molecule is CC(C)(O)c1ccc(-c2cnc(NCc3c(F)ccc4c3CCO4)n3cnnc23)c2ncnn12. The van der Waals surface area contributed by atoms with Crippen LogP contribution in [0.2, 0.25) is 0 Å². The Hall–Kier alpha value is -4.12. The molecule has 0 amide bonds. The number of pyridine rings is 1. The molecule has 1 aromatic carbocycles. The summed E-state index contributed by atoms with van der Waals surface area (Å²) in [6.45, 7) is 4.18. The van der Waals surface area contributed by atoms with E-state index >= 15 is 0 Å². The van der Waals surface area contributed by atoms with Crippen LogP contribution < -0.4 is 10.1 Å². The lowest BCUT2D eigenvalue weighted by Gasteiger charge is -2.19. The summed E-state index contributed by atoms with van der Waals surface area (Å²) in [6.07, 6.45) is 5.34. The zero-order valence-electron chi connectivity index (χ0n) is 18.5. The fourth-order valence-corrected chi connectivity index (χ4v) is 4.40. The van der Waals surface area contributed by atoms with Crippen LogP contribution in [0, 0.1) is 5.82 Å². The zero-order valence-corrected chi connectivity index (χ0v) is 18.5. The van der Waals surface area contributed by atoms with Crippen LogP contribution in [0.3, 0.4) is 0 Å². The Bertz CT molecular complexity index is 1550. The van der Waals surface area contributed by atoms with Gasteiger partial charge in [-0.05, 0) is 38.1 Å². The molecule has 0 saturated heterocycles. The van der Waals surface area contributed by atoms with Crippen molar-refractivity contribution in [3.05, 3.63) is 65.8 Å². The largest absolute Gasteiger partial charge is 0.493 e. The third-order valence-electron chi connectivity index (χ3n) is 6.04. The predicted octanol–water partition coefficient (Wildman–Crippen LogP) is 2.75. The molecule has 0 spiro atoms. The van der Waals surface area contributed by atoms with Crippen LogP contribution in [0.25, 0.3) is 22.4 Å². The monoisotopic (exact) mass is 460 g/mol. The van der Waals surface area contributed by atoms with Gasteiger partial charge in [-0.1, -0.05) is 0 Å². The maximum Gasteiger partial charge on any atom is 0.210 e. The van der Waals surface area contributed by atoms with Crippen LogP contribution in [-0.4, -0.2) is 45.9 Å². The molecule has 0 bridgehead atoms. The van der Waals surface area contributed by atoms with Crippen LogP contribution in [0.1, 0.15) is 30.7 Å². The molecule has 0 aliphatic carbocycles. The Kier molecular flexibility index (Phi) is 4.49. The number of fused-ring (bicyclic) bond motifs is 3. The third kappa shape index (κ3) is 3.16. The molecule has 4 aromatic heterocycles. The molecule has 0 saturated carbocycles. The first-order valence-corrected chi connectivity index (χ1v) is 10.8. The summed E-state index contributed by atoms with van der Waals surface area (Å²) < 4.78 is 23.4. The first-order valence-electron chi connectivity index (χ1n) is 10.8. The maximum atomic E-state index is 14.5. The average molecular weight is 460 g/mol. The quantitative estimate of drug-likeness (QED) is 0.412. The molecule has 10 nitrogen and oxygen atoms in total. The minimum absolute atomic E-state index is 0.243. The highest BCUT2D eigenvalue weighted by atomic mass is 19.1. The van der Waals surface area contributed by atoms with Gasteiger partial charge in [-0.3, -0.25) is 4.40 Å². The second-order valence-electron chi connectivity index (χ2n) is 8.66. The molecule has 5 aromatic rings. The normalized spacial score (nSPS) is 13.4. The van der Waals surface area contributed by atoms with E-state index in [4.69, 9.17) is 4.74 Å². The van der Waals surface area contributed by atoms with Crippen molar-refractivity contribution in [1.82, 2.24) is 34.2 Å². The molecule has 11 heteroatoms. The summed E-state index contributed by atoms with van der Waals surface area (Å²) in [5, 5.41) is 26.3. The molecule has 172 valence electrons. The molecule has 34 heavy (non-hydrogen) atoms. The lowest BCUT2D eigenvalue weighted by Crippen LogP contribution is -2.20. The van der Waals surface area contributed by atoms with Gasteiger partial charge >= 0.3 is 0 Å². The van der Waals surface area contributed by atoms with Gasteiger partial charge in [-0.25, -0.2) is 18.9 Å². The summed E-state index contributed by atoms with van der Waals surface area (Å²) in [7, 11) is 0. The van der Waals surface area contributed by atoms with Gasteiger partial charge in [0.1, 0.15) is 29.8 Å². The number of benzene rings is 1. The molecule has 2 N–H and O–H groups in total. The summed E-state index contributed by atoms with van der Waals surface area (Å²) in [6, 6.07) is 6.75. The van der Waals surface area contributed by atoms with Gasteiger partial charge in [0.2, 0.25) is 5.95 Å². The molecule has 0 atom stereocenters. The van der Waals surface area contributed by atoms with Gasteiger partial charge in [0, 0.05) is 41.4 Å². The van der Waals surface area contributed by atoms with Crippen molar-refractivity contribution in [3.63, 3.8) is 0 Å². The number of anilines is 1. The van der Waals surface area contributed by atoms with Crippen LogP contribution in [0.4, 0.5) is 10.3 Å². The Labute approximate surface area is 193 Å². The van der Waals surface area contributed by atoms with E-state index in [2.05, 4.69) is 30.6 Å². The van der Waals surface area contributed by atoms with Crippen molar-refractivity contribution in [1.29, 1.82) is 0 Å². The van der Waals surface area contributed by atoms with E-state index in [9.17, 15) is 9.50 Å². The minimum Gasteiger partial charge on any atom is -0.493 e. The van der Waals surface area contributed by atoms with E-state index in [1.165, 1.54) is 12.4 Å². The Morgan fingerprint density at radius 1 is 1.15 bits per heavy atom. The van der Waals surface area contributed by atoms with Gasteiger partial charge in [0.15, 0.2) is 11.3 Å². The van der Waals surface area contributed by atoms with Crippen molar-refractivity contribution in [2.45, 2.75) is 32.4 Å². The first-order chi connectivity index (χ1) is 16.4. The van der Waals surface area contributed by atoms with Crippen LogP contribution in [-0.2, 0) is 18.6 Å². The average Bonchev–Trinajstić information content (AvgIpc) is 3.57. The molecule has 6 rings (SSSR count). The maximum absolute atomic E-state index is 14.5. The number of rotatable bonds is 5. The molecule has 0 unspecified atom stereocenters. The molecule has 5 heterocycles. The molecule has 1 aliphatic rings. The lowest BCUT2D eigenvalue weighted by atomic mass is 10.0. The lowest BCUT2D eigenvalue weighted by molar-refractivity contribution is 0.0715. The van der Waals surface area contributed by atoms with Crippen LogP contribution in [0.5, 0.6) is 5.75 Å². The number of halogens is 1. The smallest absolute Gasteiger partial charge is 0.210 e. The van der Waals surface area contributed by atoms with E-state index in [-0.39, 0.29) is 12.4 Å². The van der Waals surface area contributed by atoms with Crippen LogP contribution in [0.15, 0.2) is 43.1 Å². The Balaban J connectivity index is 1.40. The highest BCUT2D eigenvalue weighted by molar-refractivity contribution is 5.86. The molecule has 1 aliphatic heterocycles. The summed E-state index contributed by atoms with van der Waals surface area (Å²) in [4.78, 5) is 8.96. The van der Waals surface area contributed by atoms with Crippen molar-refractivity contribution in [3.8, 4) is 16.9 Å². The van der Waals surface area contributed by atoms with Gasteiger partial charge in [0.25, 0.3) is 0 Å². The summed E-state index contributed by atoms with van der Waals surface area (Å²) in [5.41, 5.74) is 3.51. The number of aliphatic hydroxyl groups is 1. The number of nitrogens with zero attached hydrogens (tertiary/aromatic N) is 7. The predicted molar refractivity (Wildman–Crippen MR) is 121 cm³/mol. The minimum atomic E-state index is -1.10. The Morgan fingerprint density at radius 3 is 2.88 bits per heavy atom. The standard InChI is InChI=1S/C23H21FN8O2/c1-23(2,33)19-6-3-14(20-27-11-29-32(19)20)16-10-26-22(31-12-28-30-21(16)31)25-9-15-13-7-8-34-18(13)5-4-17(15)24/h3-6,10-12,33H,7-9H2,1-2H3,(H,25,26). The summed E-state index contributed by atoms with van der Waals surface area (Å²) >= 11 is 0. The van der Waals surface area contributed by atoms with Crippen molar-refractivity contribution in [2.24, 2.45) is 0 Å². The van der Waals surface area contributed by atoms with Gasteiger partial charge in [0.05, 0.1) is 12.3 Å². The molecule has 0 fully saturated rings. The second kappa shape index (κ2) is 7.45.